The Hall–Kier alpha value is -2.73. The second-order valence-corrected chi connectivity index (χ2v) is 7.28. The number of aliphatic hydroxyl groups is 1. The Bertz CT molecular complexity index is 804. The maximum Gasteiger partial charge on any atom is 0.161 e. The summed E-state index contributed by atoms with van der Waals surface area (Å²) in [6.07, 6.45) is 6.26. The van der Waals surface area contributed by atoms with Crippen LogP contribution in [0.3, 0.4) is 0 Å². The molecule has 6 nitrogen and oxygen atoms in total. The van der Waals surface area contributed by atoms with Crippen LogP contribution in [0.25, 0.3) is 0 Å². The van der Waals surface area contributed by atoms with E-state index in [0.717, 1.165) is 50.4 Å². The molecule has 0 saturated carbocycles. The van der Waals surface area contributed by atoms with Crippen molar-refractivity contribution in [1.82, 2.24) is 0 Å². The van der Waals surface area contributed by atoms with E-state index >= 15 is 0 Å². The van der Waals surface area contributed by atoms with Crippen molar-refractivity contribution in [3.8, 4) is 23.0 Å². The van der Waals surface area contributed by atoms with Gasteiger partial charge in [-0.05, 0) is 74.4 Å². The first-order chi connectivity index (χ1) is 14.8. The quantitative estimate of drug-likeness (QED) is 0.726. The van der Waals surface area contributed by atoms with Gasteiger partial charge in [0, 0.05) is 5.56 Å². The van der Waals surface area contributed by atoms with Gasteiger partial charge in [-0.1, -0.05) is 6.07 Å². The van der Waals surface area contributed by atoms with E-state index in [1.807, 2.05) is 18.2 Å². The molecule has 0 saturated heterocycles. The van der Waals surface area contributed by atoms with Crippen LogP contribution in [0.5, 0.6) is 23.0 Å². The first-order valence-corrected chi connectivity index (χ1v) is 10.6. The summed E-state index contributed by atoms with van der Waals surface area (Å²) < 4.78 is 23.6. The summed E-state index contributed by atoms with van der Waals surface area (Å²) in [6.45, 7) is 2.27. The minimum atomic E-state index is -0.0265. The van der Waals surface area contributed by atoms with Crippen molar-refractivity contribution in [2.45, 2.75) is 45.1 Å². The van der Waals surface area contributed by atoms with E-state index in [1.54, 1.807) is 18.2 Å². The number of benzene rings is 2. The summed E-state index contributed by atoms with van der Waals surface area (Å²) >= 11 is 0. The van der Waals surface area contributed by atoms with Crippen molar-refractivity contribution in [3.63, 3.8) is 0 Å². The molecule has 0 aliphatic carbocycles. The Kier molecular flexibility index (Phi) is 8.84. The molecule has 6 heteroatoms. The third-order valence-corrected chi connectivity index (χ3v) is 4.90. The lowest BCUT2D eigenvalue weighted by molar-refractivity contribution is 0.112. The summed E-state index contributed by atoms with van der Waals surface area (Å²) in [5, 5.41) is 9.38. The number of aldehydes is 1. The van der Waals surface area contributed by atoms with E-state index in [0.29, 0.717) is 55.0 Å². The van der Waals surface area contributed by atoms with Crippen LogP contribution in [-0.4, -0.2) is 37.8 Å². The van der Waals surface area contributed by atoms with Gasteiger partial charge in [0.1, 0.15) is 6.29 Å². The zero-order valence-corrected chi connectivity index (χ0v) is 17.3. The second-order valence-electron chi connectivity index (χ2n) is 7.28. The first kappa shape index (κ1) is 22.0. The van der Waals surface area contributed by atoms with Gasteiger partial charge >= 0.3 is 0 Å². The number of hydrogen-bond acceptors (Lipinski definition) is 6. The molecule has 1 aliphatic rings. The van der Waals surface area contributed by atoms with Crippen LogP contribution in [0, 0.1) is 0 Å². The summed E-state index contributed by atoms with van der Waals surface area (Å²) in [5.41, 5.74) is 1.38. The number of ether oxygens (including phenoxy) is 4. The highest BCUT2D eigenvalue weighted by Crippen LogP contribution is 2.30. The van der Waals surface area contributed by atoms with Gasteiger partial charge < -0.3 is 24.1 Å². The number of hydrogen-bond donors (Lipinski definition) is 1. The molecule has 2 aromatic carbocycles. The minimum absolute atomic E-state index is 0.0265. The molecule has 0 bridgehead atoms. The monoisotopic (exact) mass is 414 g/mol. The fraction of sp³-hybridized carbons (Fsp3) is 0.458. The highest BCUT2D eigenvalue weighted by molar-refractivity contribution is 5.76. The lowest BCUT2D eigenvalue weighted by atomic mass is 10.2. The van der Waals surface area contributed by atoms with Gasteiger partial charge in [0.15, 0.2) is 23.0 Å². The van der Waals surface area contributed by atoms with E-state index < -0.39 is 0 Å². The molecular formula is C24H30O6. The average Bonchev–Trinajstić information content (AvgIpc) is 2.78. The molecule has 2 aromatic rings. The topological polar surface area (TPSA) is 74.2 Å². The number of carbonyl (C=O) groups excluding carboxylic acids is 1. The van der Waals surface area contributed by atoms with Crippen LogP contribution in [0.1, 0.15) is 54.4 Å². The van der Waals surface area contributed by atoms with E-state index in [2.05, 4.69) is 0 Å². The molecule has 1 heterocycles. The smallest absolute Gasteiger partial charge is 0.161 e. The maximum atomic E-state index is 11.1. The Balaban J connectivity index is 1.62. The molecule has 162 valence electrons. The standard InChI is InChI=1S/C24H30O6/c25-17-19-7-9-21-23(15-19)29-13-5-2-6-14-30-24-16-20(18-26)8-10-22(24)28-12-4-1-3-11-27-21/h7-10,15-17,26H,1-6,11-14,18H2. The minimum Gasteiger partial charge on any atom is -0.490 e. The molecule has 0 spiro atoms. The van der Waals surface area contributed by atoms with Crippen molar-refractivity contribution < 1.29 is 28.8 Å². The van der Waals surface area contributed by atoms with Crippen LogP contribution in [0.15, 0.2) is 36.4 Å². The Morgan fingerprint density at radius 3 is 1.70 bits per heavy atom. The molecule has 0 amide bonds. The van der Waals surface area contributed by atoms with Crippen LogP contribution in [0.2, 0.25) is 0 Å². The zero-order chi connectivity index (χ0) is 21.0. The number of aliphatic hydroxyl groups excluding tert-OH is 1. The van der Waals surface area contributed by atoms with Gasteiger partial charge in [0.2, 0.25) is 0 Å². The third kappa shape index (κ3) is 6.66. The molecule has 1 aliphatic heterocycles. The van der Waals surface area contributed by atoms with Crippen LogP contribution >= 0.6 is 0 Å². The van der Waals surface area contributed by atoms with E-state index in [4.69, 9.17) is 18.9 Å². The van der Waals surface area contributed by atoms with E-state index in [9.17, 15) is 9.90 Å². The largest absolute Gasteiger partial charge is 0.490 e. The van der Waals surface area contributed by atoms with Crippen molar-refractivity contribution in [2.24, 2.45) is 0 Å². The van der Waals surface area contributed by atoms with Crippen LogP contribution in [-0.2, 0) is 6.61 Å². The van der Waals surface area contributed by atoms with Gasteiger partial charge in [-0.15, -0.1) is 0 Å². The van der Waals surface area contributed by atoms with Gasteiger partial charge in [0.25, 0.3) is 0 Å². The average molecular weight is 414 g/mol. The molecule has 0 atom stereocenters. The Morgan fingerprint density at radius 2 is 1.17 bits per heavy atom. The normalized spacial score (nSPS) is 16.2. The summed E-state index contributed by atoms with van der Waals surface area (Å²) in [5.74, 6) is 2.69. The van der Waals surface area contributed by atoms with E-state index in [1.165, 1.54) is 0 Å². The number of fused-ring (bicyclic) bond motifs is 2. The zero-order valence-electron chi connectivity index (χ0n) is 17.3. The van der Waals surface area contributed by atoms with Crippen molar-refractivity contribution in [2.75, 3.05) is 26.4 Å². The summed E-state index contributed by atoms with van der Waals surface area (Å²) in [7, 11) is 0. The van der Waals surface area contributed by atoms with Crippen molar-refractivity contribution in [1.29, 1.82) is 0 Å². The Labute approximate surface area is 177 Å². The van der Waals surface area contributed by atoms with Gasteiger partial charge in [0.05, 0.1) is 33.0 Å². The van der Waals surface area contributed by atoms with Crippen LogP contribution in [0.4, 0.5) is 0 Å². The molecule has 30 heavy (non-hydrogen) atoms. The first-order valence-electron chi connectivity index (χ1n) is 10.6. The SMILES string of the molecule is O=Cc1ccc2c(c1)OCCCCCOc1cc(CO)ccc1OCCCCCO2. The predicted molar refractivity (Wildman–Crippen MR) is 114 cm³/mol. The lowest BCUT2D eigenvalue weighted by Gasteiger charge is -2.15. The fourth-order valence-corrected chi connectivity index (χ4v) is 3.20. The molecule has 0 radical (unpaired) electrons. The van der Waals surface area contributed by atoms with Crippen molar-refractivity contribution in [3.05, 3.63) is 47.5 Å². The summed E-state index contributed by atoms with van der Waals surface area (Å²) in [4.78, 5) is 11.1. The fourth-order valence-electron chi connectivity index (χ4n) is 3.20. The highest BCUT2D eigenvalue weighted by Gasteiger charge is 2.09. The molecule has 1 N–H and O–H groups in total. The second kappa shape index (κ2) is 12.1. The van der Waals surface area contributed by atoms with E-state index in [-0.39, 0.29) is 6.61 Å². The van der Waals surface area contributed by atoms with Gasteiger partial charge in [-0.3, -0.25) is 4.79 Å². The maximum absolute atomic E-state index is 11.1. The third-order valence-electron chi connectivity index (χ3n) is 4.90. The summed E-state index contributed by atoms with van der Waals surface area (Å²) in [6, 6.07) is 10.8. The number of rotatable bonds is 2. The number of carbonyl (C=O) groups is 1. The molecule has 0 unspecified atom stereocenters. The molecule has 3 rings (SSSR count). The van der Waals surface area contributed by atoms with Gasteiger partial charge in [-0.2, -0.15) is 0 Å². The van der Waals surface area contributed by atoms with Crippen molar-refractivity contribution >= 4 is 6.29 Å². The van der Waals surface area contributed by atoms with Gasteiger partial charge in [-0.25, -0.2) is 0 Å². The molecule has 0 aromatic heterocycles. The Morgan fingerprint density at radius 1 is 0.667 bits per heavy atom. The molecular weight excluding hydrogens is 384 g/mol. The predicted octanol–water partition coefficient (Wildman–Crippen LogP) is 4.56. The highest BCUT2D eigenvalue weighted by atomic mass is 16.5. The van der Waals surface area contributed by atoms with Crippen LogP contribution < -0.4 is 18.9 Å². The molecule has 0 fully saturated rings. The lowest BCUT2D eigenvalue weighted by Crippen LogP contribution is -2.06.